The van der Waals surface area contributed by atoms with Crippen molar-refractivity contribution in [3.8, 4) is 0 Å². The summed E-state index contributed by atoms with van der Waals surface area (Å²) in [6.45, 7) is 4.07. The Balaban J connectivity index is 2.83. The van der Waals surface area contributed by atoms with Crippen molar-refractivity contribution in [3.63, 3.8) is 0 Å². The molecule has 1 nitrogen and oxygen atoms in total. The Morgan fingerprint density at radius 1 is 1.31 bits per heavy atom. The molecular formula is C11H14ClN. The van der Waals surface area contributed by atoms with Crippen molar-refractivity contribution in [3.05, 3.63) is 46.5 Å². The molecule has 0 radical (unpaired) electrons. The second-order valence-electron chi connectivity index (χ2n) is 3.32. The second-order valence-corrected chi connectivity index (χ2v) is 3.76. The van der Waals surface area contributed by atoms with Gasteiger partial charge in [0.05, 0.1) is 0 Å². The number of rotatable bonds is 2. The normalized spacial score (nSPS) is 12.3. The topological polar surface area (TPSA) is 26.0 Å². The molecule has 0 aliphatic rings. The minimum Gasteiger partial charge on any atom is -0.321 e. The van der Waals surface area contributed by atoms with E-state index < -0.39 is 0 Å². The SMILES string of the molecule is CC(C)=CC(N)c1ccc(Cl)cc1. The second kappa shape index (κ2) is 4.45. The van der Waals surface area contributed by atoms with Crippen molar-refractivity contribution in [1.82, 2.24) is 0 Å². The molecule has 0 aliphatic carbocycles. The zero-order valence-electron chi connectivity index (χ0n) is 7.92. The Bertz CT molecular complexity index is 296. The summed E-state index contributed by atoms with van der Waals surface area (Å²) in [6, 6.07) is 7.59. The van der Waals surface area contributed by atoms with Gasteiger partial charge < -0.3 is 5.73 Å². The van der Waals surface area contributed by atoms with Crippen LogP contribution in [0.3, 0.4) is 0 Å². The van der Waals surface area contributed by atoms with Gasteiger partial charge in [0, 0.05) is 11.1 Å². The van der Waals surface area contributed by atoms with Gasteiger partial charge in [-0.2, -0.15) is 0 Å². The maximum atomic E-state index is 5.93. The maximum Gasteiger partial charge on any atom is 0.0483 e. The first-order valence-electron chi connectivity index (χ1n) is 4.25. The molecule has 1 rings (SSSR count). The monoisotopic (exact) mass is 195 g/mol. The van der Waals surface area contributed by atoms with E-state index in [0.29, 0.717) is 0 Å². The minimum atomic E-state index is -0.0257. The lowest BCUT2D eigenvalue weighted by Gasteiger charge is -2.07. The molecule has 0 saturated carbocycles. The molecule has 1 atom stereocenters. The summed E-state index contributed by atoms with van der Waals surface area (Å²) in [7, 11) is 0. The van der Waals surface area contributed by atoms with E-state index in [1.165, 1.54) is 5.57 Å². The smallest absolute Gasteiger partial charge is 0.0483 e. The number of nitrogens with two attached hydrogens (primary N) is 1. The summed E-state index contributed by atoms with van der Waals surface area (Å²) in [5.74, 6) is 0. The molecule has 0 heterocycles. The largest absolute Gasteiger partial charge is 0.321 e. The van der Waals surface area contributed by atoms with Crippen molar-refractivity contribution in [2.75, 3.05) is 0 Å². The van der Waals surface area contributed by atoms with Crippen molar-refractivity contribution >= 4 is 11.6 Å². The van der Waals surface area contributed by atoms with E-state index in [4.69, 9.17) is 17.3 Å². The van der Waals surface area contributed by atoms with Crippen LogP contribution in [0.1, 0.15) is 25.5 Å². The van der Waals surface area contributed by atoms with Crippen LogP contribution in [-0.2, 0) is 0 Å². The standard InChI is InChI=1S/C11H14ClN/c1-8(2)7-11(13)9-3-5-10(12)6-4-9/h3-7,11H,13H2,1-2H3. The molecule has 0 amide bonds. The van der Waals surface area contributed by atoms with Crippen LogP contribution in [0.4, 0.5) is 0 Å². The molecule has 1 unspecified atom stereocenters. The summed E-state index contributed by atoms with van der Waals surface area (Å²) in [4.78, 5) is 0. The van der Waals surface area contributed by atoms with E-state index in [0.717, 1.165) is 10.6 Å². The number of hydrogen-bond donors (Lipinski definition) is 1. The molecule has 0 aromatic heterocycles. The molecule has 1 aromatic carbocycles. The molecular weight excluding hydrogens is 182 g/mol. The third-order valence-electron chi connectivity index (χ3n) is 1.77. The molecule has 0 saturated heterocycles. The molecule has 0 fully saturated rings. The summed E-state index contributed by atoms with van der Waals surface area (Å²) in [5.41, 5.74) is 8.24. The van der Waals surface area contributed by atoms with E-state index >= 15 is 0 Å². The zero-order chi connectivity index (χ0) is 9.84. The first-order chi connectivity index (χ1) is 6.09. The van der Waals surface area contributed by atoms with Gasteiger partial charge in [0.1, 0.15) is 0 Å². The predicted octanol–water partition coefficient (Wildman–Crippen LogP) is 3.31. The summed E-state index contributed by atoms with van der Waals surface area (Å²) >= 11 is 5.77. The molecule has 70 valence electrons. The van der Waals surface area contributed by atoms with Gasteiger partial charge in [0.15, 0.2) is 0 Å². The molecule has 1 aromatic rings. The Labute approximate surface area is 84.2 Å². The number of benzene rings is 1. The summed E-state index contributed by atoms with van der Waals surface area (Å²) < 4.78 is 0. The fourth-order valence-electron chi connectivity index (χ4n) is 1.14. The summed E-state index contributed by atoms with van der Waals surface area (Å²) in [5, 5.41) is 0.744. The van der Waals surface area contributed by atoms with Crippen LogP contribution >= 0.6 is 11.6 Å². The Morgan fingerprint density at radius 2 is 1.85 bits per heavy atom. The fourth-order valence-corrected chi connectivity index (χ4v) is 1.27. The van der Waals surface area contributed by atoms with Crippen LogP contribution < -0.4 is 5.73 Å². The highest BCUT2D eigenvalue weighted by atomic mass is 35.5. The van der Waals surface area contributed by atoms with Crippen molar-refractivity contribution < 1.29 is 0 Å². The van der Waals surface area contributed by atoms with E-state index in [1.54, 1.807) is 0 Å². The van der Waals surface area contributed by atoms with Gasteiger partial charge >= 0.3 is 0 Å². The van der Waals surface area contributed by atoms with Crippen LogP contribution in [0.15, 0.2) is 35.9 Å². The van der Waals surface area contributed by atoms with Gasteiger partial charge in [0.25, 0.3) is 0 Å². The highest BCUT2D eigenvalue weighted by molar-refractivity contribution is 6.30. The number of allylic oxidation sites excluding steroid dienone is 1. The van der Waals surface area contributed by atoms with Gasteiger partial charge in [-0.1, -0.05) is 35.4 Å². The lowest BCUT2D eigenvalue weighted by molar-refractivity contribution is 0.899. The van der Waals surface area contributed by atoms with Gasteiger partial charge in [-0.15, -0.1) is 0 Å². The van der Waals surface area contributed by atoms with E-state index in [9.17, 15) is 0 Å². The van der Waals surface area contributed by atoms with Crippen LogP contribution in [0.2, 0.25) is 5.02 Å². The molecule has 0 bridgehead atoms. The lowest BCUT2D eigenvalue weighted by atomic mass is 10.1. The molecule has 2 heteroatoms. The Morgan fingerprint density at radius 3 is 2.31 bits per heavy atom. The predicted molar refractivity (Wildman–Crippen MR) is 57.8 cm³/mol. The van der Waals surface area contributed by atoms with Gasteiger partial charge in [0.2, 0.25) is 0 Å². The van der Waals surface area contributed by atoms with E-state index in [-0.39, 0.29) is 6.04 Å². The van der Waals surface area contributed by atoms with Gasteiger partial charge in [-0.3, -0.25) is 0 Å². The van der Waals surface area contributed by atoms with E-state index in [1.807, 2.05) is 44.2 Å². The number of halogens is 1. The maximum absolute atomic E-state index is 5.93. The zero-order valence-corrected chi connectivity index (χ0v) is 8.68. The van der Waals surface area contributed by atoms with Crippen molar-refractivity contribution in [1.29, 1.82) is 0 Å². The Hall–Kier alpha value is -0.790. The third-order valence-corrected chi connectivity index (χ3v) is 2.02. The van der Waals surface area contributed by atoms with Crippen molar-refractivity contribution in [2.24, 2.45) is 5.73 Å². The molecule has 0 spiro atoms. The minimum absolute atomic E-state index is 0.0257. The molecule has 0 aliphatic heterocycles. The first kappa shape index (κ1) is 10.3. The highest BCUT2D eigenvalue weighted by Gasteiger charge is 2.00. The molecule has 13 heavy (non-hydrogen) atoms. The fraction of sp³-hybridized carbons (Fsp3) is 0.273. The quantitative estimate of drug-likeness (QED) is 0.720. The van der Waals surface area contributed by atoms with Crippen molar-refractivity contribution in [2.45, 2.75) is 19.9 Å². The highest BCUT2D eigenvalue weighted by Crippen LogP contribution is 2.16. The van der Waals surface area contributed by atoms with Gasteiger partial charge in [-0.05, 0) is 31.5 Å². The summed E-state index contributed by atoms with van der Waals surface area (Å²) in [6.07, 6.45) is 2.03. The van der Waals surface area contributed by atoms with E-state index in [2.05, 4.69) is 0 Å². The first-order valence-corrected chi connectivity index (χ1v) is 4.63. The molecule has 2 N–H and O–H groups in total. The third kappa shape index (κ3) is 3.21. The lowest BCUT2D eigenvalue weighted by Crippen LogP contribution is -2.06. The van der Waals surface area contributed by atoms with Crippen LogP contribution in [-0.4, -0.2) is 0 Å². The number of hydrogen-bond acceptors (Lipinski definition) is 1. The average molecular weight is 196 g/mol. The Kier molecular flexibility index (Phi) is 3.52. The van der Waals surface area contributed by atoms with Crippen LogP contribution in [0.5, 0.6) is 0 Å². The van der Waals surface area contributed by atoms with Gasteiger partial charge in [-0.25, -0.2) is 0 Å². The van der Waals surface area contributed by atoms with Crippen LogP contribution in [0, 0.1) is 0 Å². The average Bonchev–Trinajstić information content (AvgIpc) is 2.04. The van der Waals surface area contributed by atoms with Crippen LogP contribution in [0.25, 0.3) is 0 Å².